The van der Waals surface area contributed by atoms with Crippen molar-refractivity contribution < 1.29 is 23.6 Å². The summed E-state index contributed by atoms with van der Waals surface area (Å²) in [6.07, 6.45) is 0. The number of fused-ring (bicyclic) bond motifs is 1. The van der Waals surface area contributed by atoms with Crippen LogP contribution in [0, 0.1) is 27.7 Å². The Hall–Kier alpha value is -4.53. The topological polar surface area (TPSA) is 123 Å². The smallest absolute Gasteiger partial charge is 0.339 e. The van der Waals surface area contributed by atoms with Crippen molar-refractivity contribution >= 4 is 34.7 Å². The number of hydrogen-bond donors (Lipinski definition) is 2. The summed E-state index contributed by atoms with van der Waals surface area (Å²) >= 11 is 0. The summed E-state index contributed by atoms with van der Waals surface area (Å²) in [4.78, 5) is 41.8. The maximum Gasteiger partial charge on any atom is 0.339 e. The van der Waals surface area contributed by atoms with Crippen LogP contribution in [0.15, 0.2) is 53.1 Å². The molecule has 0 aliphatic carbocycles. The highest BCUT2D eigenvalue weighted by Crippen LogP contribution is 2.27. The average Bonchev–Trinajstić information content (AvgIpc) is 3.20. The Morgan fingerprint density at radius 2 is 1.66 bits per heavy atom. The molecule has 0 atom stereocenters. The van der Waals surface area contributed by atoms with Crippen molar-refractivity contribution in [3.05, 3.63) is 76.5 Å². The summed E-state index contributed by atoms with van der Waals surface area (Å²) in [5.41, 5.74) is 5.65. The van der Waals surface area contributed by atoms with E-state index in [9.17, 15) is 14.4 Å². The highest BCUT2D eigenvalue weighted by atomic mass is 16.5. The van der Waals surface area contributed by atoms with Gasteiger partial charge in [0.05, 0.1) is 22.3 Å². The number of esters is 1. The van der Waals surface area contributed by atoms with Crippen LogP contribution in [0.3, 0.4) is 0 Å². The monoisotopic (exact) mass is 472 g/mol. The Kier molecular flexibility index (Phi) is 6.59. The molecule has 0 radical (unpaired) electrons. The van der Waals surface area contributed by atoms with Gasteiger partial charge in [-0.1, -0.05) is 52.7 Å². The summed E-state index contributed by atoms with van der Waals surface area (Å²) in [5.74, 6) is -1.53. The SMILES string of the molecule is Cc1ccc(-c2cc(C(=O)OCC(=O)NC(=O)Nc3ccc(C)cc3C)c3c(C)noc3n2)cc1. The first-order valence-corrected chi connectivity index (χ1v) is 10.9. The van der Waals surface area contributed by atoms with Gasteiger partial charge in [0.15, 0.2) is 6.61 Å². The van der Waals surface area contributed by atoms with Crippen LogP contribution in [-0.2, 0) is 9.53 Å². The molecule has 0 bridgehead atoms. The van der Waals surface area contributed by atoms with E-state index in [1.165, 1.54) is 0 Å². The van der Waals surface area contributed by atoms with Crippen LogP contribution in [0.5, 0.6) is 0 Å². The zero-order chi connectivity index (χ0) is 25.1. The van der Waals surface area contributed by atoms with E-state index in [0.717, 1.165) is 22.3 Å². The lowest BCUT2D eigenvalue weighted by Crippen LogP contribution is -2.37. The fourth-order valence-corrected chi connectivity index (χ4v) is 3.61. The molecule has 178 valence electrons. The summed E-state index contributed by atoms with van der Waals surface area (Å²) in [7, 11) is 0. The number of amides is 3. The average molecular weight is 473 g/mol. The highest BCUT2D eigenvalue weighted by molar-refractivity contribution is 6.06. The second-order valence-corrected chi connectivity index (χ2v) is 8.27. The number of carbonyl (C=O) groups excluding carboxylic acids is 3. The van der Waals surface area contributed by atoms with E-state index in [1.807, 2.05) is 57.2 Å². The van der Waals surface area contributed by atoms with Gasteiger partial charge in [0.1, 0.15) is 0 Å². The van der Waals surface area contributed by atoms with Crippen LogP contribution in [0.25, 0.3) is 22.4 Å². The quantitative estimate of drug-likeness (QED) is 0.406. The molecular formula is C26H24N4O5. The molecule has 3 amide bonds. The Labute approximate surface area is 201 Å². The first kappa shape index (κ1) is 23.6. The van der Waals surface area contributed by atoms with E-state index in [0.29, 0.717) is 22.5 Å². The Morgan fingerprint density at radius 3 is 2.37 bits per heavy atom. The Balaban J connectivity index is 1.46. The van der Waals surface area contributed by atoms with Gasteiger partial charge in [0.25, 0.3) is 11.6 Å². The number of aryl methyl sites for hydroxylation is 4. The third-order valence-corrected chi connectivity index (χ3v) is 5.40. The van der Waals surface area contributed by atoms with Gasteiger partial charge < -0.3 is 14.6 Å². The standard InChI is InChI=1S/C26H24N4O5/c1-14-5-8-18(9-6-14)21-12-19(23-17(4)30-35-24(23)27-21)25(32)34-13-22(31)29-26(33)28-20-10-7-15(2)11-16(20)3/h5-12H,13H2,1-4H3,(H2,28,29,31,33). The number of benzene rings is 2. The molecule has 9 nitrogen and oxygen atoms in total. The second kappa shape index (κ2) is 9.76. The predicted molar refractivity (Wildman–Crippen MR) is 130 cm³/mol. The van der Waals surface area contributed by atoms with Crippen molar-refractivity contribution in [2.45, 2.75) is 27.7 Å². The molecule has 2 aromatic carbocycles. The van der Waals surface area contributed by atoms with Crippen LogP contribution in [0.4, 0.5) is 10.5 Å². The number of rotatable bonds is 5. The molecule has 4 rings (SSSR count). The Morgan fingerprint density at radius 1 is 0.943 bits per heavy atom. The lowest BCUT2D eigenvalue weighted by Gasteiger charge is -2.10. The molecular weight excluding hydrogens is 448 g/mol. The minimum absolute atomic E-state index is 0.164. The summed E-state index contributed by atoms with van der Waals surface area (Å²) in [6.45, 7) is 6.79. The number of nitrogens with zero attached hydrogens (tertiary/aromatic N) is 2. The van der Waals surface area contributed by atoms with Crippen molar-refractivity contribution in [1.29, 1.82) is 0 Å². The van der Waals surface area contributed by atoms with Crippen molar-refractivity contribution in [3.63, 3.8) is 0 Å². The van der Waals surface area contributed by atoms with Gasteiger partial charge in [0.2, 0.25) is 0 Å². The van der Waals surface area contributed by atoms with Gasteiger partial charge in [0, 0.05) is 11.3 Å². The molecule has 0 aliphatic heterocycles. The highest BCUT2D eigenvalue weighted by Gasteiger charge is 2.21. The first-order valence-electron chi connectivity index (χ1n) is 10.9. The molecule has 0 spiro atoms. The number of anilines is 1. The van der Waals surface area contributed by atoms with Gasteiger partial charge in [-0.25, -0.2) is 14.6 Å². The fraction of sp³-hybridized carbons (Fsp3) is 0.192. The third kappa shape index (κ3) is 5.35. The summed E-state index contributed by atoms with van der Waals surface area (Å²) in [5, 5.41) is 9.06. The molecule has 4 aromatic rings. The largest absolute Gasteiger partial charge is 0.452 e. The van der Waals surface area contributed by atoms with Crippen molar-refractivity contribution in [3.8, 4) is 11.3 Å². The van der Waals surface area contributed by atoms with E-state index in [1.54, 1.807) is 19.1 Å². The number of carbonyl (C=O) groups is 3. The van der Waals surface area contributed by atoms with E-state index in [-0.39, 0.29) is 11.3 Å². The minimum atomic E-state index is -0.772. The van der Waals surface area contributed by atoms with E-state index < -0.39 is 24.5 Å². The van der Waals surface area contributed by atoms with Crippen LogP contribution in [0.2, 0.25) is 0 Å². The summed E-state index contributed by atoms with van der Waals surface area (Å²) in [6, 6.07) is 14.0. The number of ether oxygens (including phenoxy) is 1. The number of pyridine rings is 1. The lowest BCUT2D eigenvalue weighted by molar-refractivity contribution is -0.123. The Bertz CT molecular complexity index is 1440. The molecule has 9 heteroatoms. The molecule has 0 aliphatic rings. The van der Waals surface area contributed by atoms with Crippen LogP contribution < -0.4 is 10.6 Å². The molecule has 0 saturated carbocycles. The molecule has 0 saturated heterocycles. The second-order valence-electron chi connectivity index (χ2n) is 8.27. The molecule has 2 N–H and O–H groups in total. The van der Waals surface area contributed by atoms with Crippen molar-refractivity contribution in [1.82, 2.24) is 15.5 Å². The predicted octanol–water partition coefficient (Wildman–Crippen LogP) is 4.63. The number of aromatic nitrogens is 2. The number of hydrogen-bond acceptors (Lipinski definition) is 7. The van der Waals surface area contributed by atoms with Gasteiger partial charge in [-0.05, 0) is 45.4 Å². The maximum absolute atomic E-state index is 12.9. The van der Waals surface area contributed by atoms with E-state index in [4.69, 9.17) is 9.26 Å². The fourth-order valence-electron chi connectivity index (χ4n) is 3.61. The number of urea groups is 1. The zero-order valence-corrected chi connectivity index (χ0v) is 19.8. The molecule has 35 heavy (non-hydrogen) atoms. The number of imide groups is 1. The number of nitrogens with one attached hydrogen (secondary N) is 2. The molecule has 2 heterocycles. The van der Waals surface area contributed by atoms with Crippen LogP contribution >= 0.6 is 0 Å². The lowest BCUT2D eigenvalue weighted by atomic mass is 10.0. The van der Waals surface area contributed by atoms with Gasteiger partial charge in [-0.3, -0.25) is 10.1 Å². The third-order valence-electron chi connectivity index (χ3n) is 5.40. The first-order chi connectivity index (χ1) is 16.7. The zero-order valence-electron chi connectivity index (χ0n) is 19.8. The minimum Gasteiger partial charge on any atom is -0.452 e. The molecule has 0 unspecified atom stereocenters. The normalized spacial score (nSPS) is 10.7. The van der Waals surface area contributed by atoms with Crippen molar-refractivity contribution in [2.24, 2.45) is 0 Å². The maximum atomic E-state index is 12.9. The van der Waals surface area contributed by atoms with Gasteiger partial charge in [-0.2, -0.15) is 0 Å². The van der Waals surface area contributed by atoms with Crippen LogP contribution in [0.1, 0.15) is 32.7 Å². The van der Waals surface area contributed by atoms with Gasteiger partial charge in [-0.15, -0.1) is 0 Å². The summed E-state index contributed by atoms with van der Waals surface area (Å²) < 4.78 is 10.5. The van der Waals surface area contributed by atoms with Gasteiger partial charge >= 0.3 is 12.0 Å². The van der Waals surface area contributed by atoms with E-state index in [2.05, 4.69) is 20.8 Å². The van der Waals surface area contributed by atoms with Crippen molar-refractivity contribution in [2.75, 3.05) is 11.9 Å². The van der Waals surface area contributed by atoms with E-state index >= 15 is 0 Å². The molecule has 2 aromatic heterocycles. The van der Waals surface area contributed by atoms with Crippen LogP contribution in [-0.4, -0.2) is 34.7 Å². The molecule has 0 fully saturated rings.